The van der Waals surface area contributed by atoms with Crippen LogP contribution in [0, 0.1) is 17.0 Å². The molecule has 0 radical (unpaired) electrons. The van der Waals surface area contributed by atoms with Crippen molar-refractivity contribution in [1.82, 2.24) is 20.6 Å². The van der Waals surface area contributed by atoms with Gasteiger partial charge in [-0.25, -0.2) is 13.8 Å². The molecular weight excluding hydrogens is 579 g/mol. The van der Waals surface area contributed by atoms with Crippen molar-refractivity contribution < 1.29 is 41.1 Å². The Kier molecular flexibility index (Phi) is 9.27. The minimum absolute atomic E-state index is 0.0244. The number of carbonyl (C=O) groups excluding carboxylic acids is 3. The first-order valence-corrected chi connectivity index (χ1v) is 13.4. The Balaban J connectivity index is 1.69. The quantitative estimate of drug-likeness (QED) is 0.331. The zero-order valence-corrected chi connectivity index (χ0v) is 23.4. The average molecular weight is 611 g/mol. The Bertz CT molecular complexity index is 1400. The molecule has 1 saturated heterocycles. The van der Waals surface area contributed by atoms with Gasteiger partial charge in [-0.2, -0.15) is 18.3 Å². The van der Waals surface area contributed by atoms with Crippen LogP contribution in [-0.4, -0.2) is 76.8 Å². The Hall–Kier alpha value is -3.82. The first-order chi connectivity index (χ1) is 20.1. The van der Waals surface area contributed by atoms with Crippen LogP contribution in [-0.2, 0) is 32.1 Å². The molecule has 4 rings (SSSR count). The van der Waals surface area contributed by atoms with Crippen LogP contribution >= 0.6 is 0 Å². The number of halogens is 5. The first kappa shape index (κ1) is 32.1. The fraction of sp³-hybridized carbons (Fsp3) is 0.464. The molecule has 2 aliphatic heterocycles. The lowest BCUT2D eigenvalue weighted by atomic mass is 9.67. The van der Waals surface area contributed by atoms with Crippen molar-refractivity contribution in [3.8, 4) is 0 Å². The van der Waals surface area contributed by atoms with E-state index in [1.54, 1.807) is 18.2 Å². The first-order valence-electron chi connectivity index (χ1n) is 13.4. The summed E-state index contributed by atoms with van der Waals surface area (Å²) in [7, 11) is 0. The third-order valence-corrected chi connectivity index (χ3v) is 7.17. The van der Waals surface area contributed by atoms with Gasteiger partial charge in [-0.05, 0) is 32.0 Å². The number of hydrogen-bond donors (Lipinski definition) is 3. The van der Waals surface area contributed by atoms with E-state index in [2.05, 4.69) is 20.7 Å². The predicted octanol–water partition coefficient (Wildman–Crippen LogP) is 2.02. The highest BCUT2D eigenvalue weighted by Gasteiger charge is 2.61. The standard InChI is InChI=1S/C28H31F5N6O4/c1-26(2,34)24(41)37-20(14-43-13-16-6-7-17(29)11-19(16)30)22(40)23-27(12-18-5-3-4-9-35-18)21(8-10-36-23)38-39(25(27)42)15-28(31,32)33/h3-7,9,11,20,23,36H,8,10,12-15,34H2,1-2H3,(H,37,41). The number of carbonyl (C=O) groups is 3. The lowest BCUT2D eigenvalue weighted by molar-refractivity contribution is -0.164. The zero-order chi connectivity index (χ0) is 31.6. The smallest absolute Gasteiger partial charge is 0.374 e. The van der Waals surface area contributed by atoms with E-state index in [0.717, 1.165) is 12.1 Å². The molecule has 232 valence electrons. The van der Waals surface area contributed by atoms with Crippen molar-refractivity contribution in [2.75, 3.05) is 19.7 Å². The number of pyridine rings is 1. The number of ketones is 1. The van der Waals surface area contributed by atoms with Gasteiger partial charge in [0.15, 0.2) is 5.78 Å². The number of nitrogens with one attached hydrogen (secondary N) is 2. The van der Waals surface area contributed by atoms with Crippen molar-refractivity contribution >= 4 is 23.3 Å². The molecule has 15 heteroatoms. The van der Waals surface area contributed by atoms with Crippen LogP contribution in [0.1, 0.15) is 31.5 Å². The number of hydrazone groups is 1. The highest BCUT2D eigenvalue weighted by Crippen LogP contribution is 2.41. The van der Waals surface area contributed by atoms with Gasteiger partial charge >= 0.3 is 6.18 Å². The van der Waals surface area contributed by atoms with Gasteiger partial charge in [-0.1, -0.05) is 12.1 Å². The minimum Gasteiger partial charge on any atom is -0.374 e. The molecule has 4 N–H and O–H groups in total. The molecule has 0 saturated carbocycles. The number of hydrogen-bond acceptors (Lipinski definition) is 8. The minimum atomic E-state index is -4.76. The number of amides is 2. The highest BCUT2D eigenvalue weighted by molar-refractivity contribution is 6.17. The topological polar surface area (TPSA) is 139 Å². The number of fused-ring (bicyclic) bond motifs is 1. The lowest BCUT2D eigenvalue weighted by Gasteiger charge is -2.41. The number of alkyl halides is 3. The monoisotopic (exact) mass is 610 g/mol. The average Bonchev–Trinajstić information content (AvgIpc) is 3.18. The molecule has 2 amide bonds. The maximum atomic E-state index is 14.2. The predicted molar refractivity (Wildman–Crippen MR) is 143 cm³/mol. The molecule has 1 aromatic carbocycles. The summed E-state index contributed by atoms with van der Waals surface area (Å²) in [5.41, 5.74) is 2.94. The summed E-state index contributed by atoms with van der Waals surface area (Å²) in [6.45, 7) is 0.286. The summed E-state index contributed by atoms with van der Waals surface area (Å²) in [4.78, 5) is 45.1. The number of ether oxygens (including phenoxy) is 1. The van der Waals surface area contributed by atoms with Crippen molar-refractivity contribution in [2.24, 2.45) is 16.3 Å². The van der Waals surface area contributed by atoms with E-state index in [-0.39, 0.29) is 30.7 Å². The number of nitrogens with zero attached hydrogens (tertiary/aromatic N) is 3. The molecule has 2 aliphatic rings. The fourth-order valence-corrected chi connectivity index (χ4v) is 5.06. The maximum absolute atomic E-state index is 14.2. The van der Waals surface area contributed by atoms with Gasteiger partial charge in [0.2, 0.25) is 5.91 Å². The molecule has 3 unspecified atom stereocenters. The van der Waals surface area contributed by atoms with Crippen molar-refractivity contribution in [2.45, 2.75) is 57.1 Å². The van der Waals surface area contributed by atoms with Crippen LogP contribution in [0.25, 0.3) is 0 Å². The van der Waals surface area contributed by atoms with Crippen LogP contribution in [0.5, 0.6) is 0 Å². The normalized spacial score (nSPS) is 21.3. The van der Waals surface area contributed by atoms with Crippen molar-refractivity contribution in [1.29, 1.82) is 0 Å². The largest absolute Gasteiger partial charge is 0.408 e. The molecule has 0 aliphatic carbocycles. The van der Waals surface area contributed by atoms with Gasteiger partial charge in [0.1, 0.15) is 29.6 Å². The van der Waals surface area contributed by atoms with Crippen LogP contribution in [0.15, 0.2) is 47.7 Å². The Morgan fingerprint density at radius 2 is 1.98 bits per heavy atom. The van der Waals surface area contributed by atoms with E-state index in [1.165, 1.54) is 20.0 Å². The molecule has 0 bridgehead atoms. The third kappa shape index (κ3) is 7.22. The van der Waals surface area contributed by atoms with Crippen LogP contribution in [0.3, 0.4) is 0 Å². The number of Topliss-reactive ketones (excluding diaryl/α,β-unsaturated/α-hetero) is 1. The molecule has 3 heterocycles. The third-order valence-electron chi connectivity index (χ3n) is 7.17. The Morgan fingerprint density at radius 1 is 1.23 bits per heavy atom. The second kappa shape index (κ2) is 12.4. The van der Waals surface area contributed by atoms with E-state index in [0.29, 0.717) is 16.8 Å². The van der Waals surface area contributed by atoms with Gasteiger partial charge in [0.25, 0.3) is 5.91 Å². The van der Waals surface area contributed by atoms with Crippen LogP contribution in [0.4, 0.5) is 22.0 Å². The summed E-state index contributed by atoms with van der Waals surface area (Å²) >= 11 is 0. The number of benzene rings is 1. The second-order valence-electron chi connectivity index (χ2n) is 11.0. The van der Waals surface area contributed by atoms with Crippen molar-refractivity contribution in [3.63, 3.8) is 0 Å². The van der Waals surface area contributed by atoms with E-state index < -0.39 is 78.2 Å². The fourth-order valence-electron chi connectivity index (χ4n) is 5.06. The number of piperidine rings is 1. The molecule has 2 aromatic rings. The molecule has 3 atom stereocenters. The number of aromatic nitrogens is 1. The van der Waals surface area contributed by atoms with E-state index in [4.69, 9.17) is 10.5 Å². The van der Waals surface area contributed by atoms with Crippen LogP contribution in [0.2, 0.25) is 0 Å². The van der Waals surface area contributed by atoms with Crippen molar-refractivity contribution in [3.05, 3.63) is 65.5 Å². The van der Waals surface area contributed by atoms with Crippen LogP contribution < -0.4 is 16.4 Å². The van der Waals surface area contributed by atoms with E-state index >= 15 is 0 Å². The van der Waals surface area contributed by atoms with Gasteiger partial charge < -0.3 is 21.1 Å². The van der Waals surface area contributed by atoms with Gasteiger partial charge in [-0.3, -0.25) is 19.4 Å². The SMILES string of the molecule is CC(C)(N)C(=O)NC(COCc1ccc(F)cc1F)C(=O)C1NCCC2=NN(CC(F)(F)F)C(=O)C21Cc1ccccn1. The molecule has 43 heavy (non-hydrogen) atoms. The van der Waals surface area contributed by atoms with Gasteiger partial charge in [-0.15, -0.1) is 0 Å². The van der Waals surface area contributed by atoms with E-state index in [1.807, 2.05) is 0 Å². The summed E-state index contributed by atoms with van der Waals surface area (Å²) in [6.07, 6.45) is -3.51. The number of nitrogens with two attached hydrogens (primary N) is 1. The van der Waals surface area contributed by atoms with Gasteiger partial charge in [0, 0.05) is 42.9 Å². The lowest BCUT2D eigenvalue weighted by Crippen LogP contribution is -2.67. The highest BCUT2D eigenvalue weighted by atomic mass is 19.4. The second-order valence-corrected chi connectivity index (χ2v) is 11.0. The molecule has 1 fully saturated rings. The molecule has 10 nitrogen and oxygen atoms in total. The molecular formula is C28H31F5N6O4. The summed E-state index contributed by atoms with van der Waals surface area (Å²) < 4.78 is 73.2. The molecule has 0 spiro atoms. The summed E-state index contributed by atoms with van der Waals surface area (Å²) in [5, 5.41) is 9.77. The Morgan fingerprint density at radius 3 is 2.60 bits per heavy atom. The summed E-state index contributed by atoms with van der Waals surface area (Å²) in [5.74, 6) is -4.29. The van der Waals surface area contributed by atoms with Gasteiger partial charge in [0.05, 0.1) is 30.5 Å². The summed E-state index contributed by atoms with van der Waals surface area (Å²) in [6, 6.07) is 4.73. The number of rotatable bonds is 11. The van der Waals surface area contributed by atoms with E-state index in [9.17, 15) is 36.3 Å². The zero-order valence-electron chi connectivity index (χ0n) is 23.4. The molecule has 1 aromatic heterocycles. The maximum Gasteiger partial charge on any atom is 0.408 e. The Labute approximate surface area is 243 Å².